The number of nitrogens with two attached hydrogens (primary N) is 1. The smallest absolute Gasteiger partial charge is 0.274 e. The van der Waals surface area contributed by atoms with Crippen LogP contribution in [0.25, 0.3) is 21.6 Å². The van der Waals surface area contributed by atoms with E-state index in [1.54, 1.807) is 23.5 Å². The standard InChI is InChI=1S/C25H25FN6O2S/c1-13-11-18(22(32-10-8-15(27)12-32)21-23(13)35-14(2)29-21)31-25(33)17-7-9-28-24(30-17)20-16(26)5-4-6-19(20)34-3/h4-7,9,11,15H,8,10,12,27H2,1-3H3,(H,31,33). The number of anilines is 2. The number of carbonyl (C=O) groups is 1. The lowest BCUT2D eigenvalue weighted by Crippen LogP contribution is -2.27. The van der Waals surface area contributed by atoms with Crippen LogP contribution in [0.1, 0.15) is 27.5 Å². The zero-order valence-corrected chi connectivity index (χ0v) is 20.4. The quantitative estimate of drug-likeness (QED) is 0.428. The van der Waals surface area contributed by atoms with Crippen LogP contribution in [0.5, 0.6) is 5.75 Å². The molecule has 180 valence electrons. The number of carbonyl (C=O) groups excluding carboxylic acids is 1. The number of thiazole rings is 1. The van der Waals surface area contributed by atoms with E-state index in [4.69, 9.17) is 15.5 Å². The molecule has 1 amide bonds. The summed E-state index contributed by atoms with van der Waals surface area (Å²) in [6, 6.07) is 7.98. The minimum atomic E-state index is -0.533. The summed E-state index contributed by atoms with van der Waals surface area (Å²) in [5.41, 5.74) is 9.78. The summed E-state index contributed by atoms with van der Waals surface area (Å²) in [7, 11) is 1.44. The fraction of sp³-hybridized carbons (Fsp3) is 0.280. The number of nitrogens with zero attached hydrogens (tertiary/aromatic N) is 4. The molecule has 3 heterocycles. The second-order valence-corrected chi connectivity index (χ2v) is 9.73. The van der Waals surface area contributed by atoms with Crippen LogP contribution in [-0.2, 0) is 0 Å². The molecule has 0 aliphatic carbocycles. The van der Waals surface area contributed by atoms with E-state index in [2.05, 4.69) is 20.2 Å². The monoisotopic (exact) mass is 492 g/mol. The first-order valence-corrected chi connectivity index (χ1v) is 12.1. The predicted molar refractivity (Wildman–Crippen MR) is 136 cm³/mol. The molecule has 1 aliphatic rings. The molecule has 0 spiro atoms. The Morgan fingerprint density at radius 3 is 2.86 bits per heavy atom. The molecule has 1 saturated heterocycles. The zero-order chi connectivity index (χ0) is 24.7. The Hall–Kier alpha value is -3.63. The summed E-state index contributed by atoms with van der Waals surface area (Å²) in [6.45, 7) is 5.44. The van der Waals surface area contributed by atoms with Crippen molar-refractivity contribution >= 4 is 38.8 Å². The van der Waals surface area contributed by atoms with Gasteiger partial charge in [0, 0.05) is 25.3 Å². The number of methoxy groups -OCH3 is 1. The van der Waals surface area contributed by atoms with Gasteiger partial charge in [-0.15, -0.1) is 11.3 Å². The van der Waals surface area contributed by atoms with Crippen LogP contribution in [0, 0.1) is 19.7 Å². The van der Waals surface area contributed by atoms with Crippen molar-refractivity contribution in [2.75, 3.05) is 30.4 Å². The fourth-order valence-corrected chi connectivity index (χ4v) is 5.31. The summed E-state index contributed by atoms with van der Waals surface area (Å²) >= 11 is 1.63. The molecule has 0 bridgehead atoms. The number of benzene rings is 2. The Balaban J connectivity index is 1.54. The average molecular weight is 493 g/mol. The highest BCUT2D eigenvalue weighted by Crippen LogP contribution is 2.40. The molecular weight excluding hydrogens is 467 g/mol. The fourth-order valence-electron chi connectivity index (χ4n) is 4.42. The third-order valence-corrected chi connectivity index (χ3v) is 7.13. The maximum Gasteiger partial charge on any atom is 0.274 e. The average Bonchev–Trinajstić information content (AvgIpc) is 3.44. The number of ether oxygens (including phenoxy) is 1. The molecule has 0 saturated carbocycles. The van der Waals surface area contributed by atoms with E-state index in [1.807, 2.05) is 19.9 Å². The van der Waals surface area contributed by atoms with E-state index >= 15 is 0 Å². The van der Waals surface area contributed by atoms with Crippen molar-refractivity contribution in [3.05, 3.63) is 58.6 Å². The molecule has 0 radical (unpaired) electrons. The predicted octanol–water partition coefficient (Wildman–Crippen LogP) is 4.31. The topological polar surface area (TPSA) is 106 Å². The number of nitrogens with one attached hydrogen (secondary N) is 1. The highest BCUT2D eigenvalue weighted by Gasteiger charge is 2.27. The molecule has 35 heavy (non-hydrogen) atoms. The Bertz CT molecular complexity index is 1440. The Kier molecular flexibility index (Phi) is 6.08. The Morgan fingerprint density at radius 1 is 1.29 bits per heavy atom. The first-order chi connectivity index (χ1) is 16.9. The van der Waals surface area contributed by atoms with Crippen molar-refractivity contribution in [3.63, 3.8) is 0 Å². The van der Waals surface area contributed by atoms with Crippen molar-refractivity contribution in [3.8, 4) is 17.1 Å². The van der Waals surface area contributed by atoms with E-state index < -0.39 is 11.7 Å². The van der Waals surface area contributed by atoms with Crippen molar-refractivity contribution in [1.29, 1.82) is 0 Å². The maximum atomic E-state index is 14.6. The lowest BCUT2D eigenvalue weighted by atomic mass is 10.1. The third kappa shape index (κ3) is 4.30. The number of rotatable bonds is 5. The van der Waals surface area contributed by atoms with Gasteiger partial charge in [0.15, 0.2) is 5.82 Å². The molecule has 10 heteroatoms. The second-order valence-electron chi connectivity index (χ2n) is 8.53. The van der Waals surface area contributed by atoms with E-state index in [0.717, 1.165) is 39.4 Å². The van der Waals surface area contributed by atoms with Gasteiger partial charge in [0.2, 0.25) is 0 Å². The molecule has 1 atom stereocenters. The second kappa shape index (κ2) is 9.20. The molecule has 4 aromatic rings. The lowest BCUT2D eigenvalue weighted by Gasteiger charge is -2.23. The minimum absolute atomic E-state index is 0.0646. The largest absolute Gasteiger partial charge is 0.496 e. The van der Waals surface area contributed by atoms with Crippen LogP contribution >= 0.6 is 11.3 Å². The van der Waals surface area contributed by atoms with Gasteiger partial charge in [0.25, 0.3) is 5.91 Å². The normalized spacial score (nSPS) is 15.6. The SMILES string of the molecule is COc1cccc(F)c1-c1nccc(C(=O)Nc2cc(C)c3sc(C)nc3c2N2CCC(N)C2)n1. The molecule has 2 aromatic heterocycles. The summed E-state index contributed by atoms with van der Waals surface area (Å²) in [5, 5.41) is 3.96. The number of aryl methyl sites for hydroxylation is 2. The summed E-state index contributed by atoms with van der Waals surface area (Å²) in [6.07, 6.45) is 2.30. The van der Waals surface area contributed by atoms with Crippen molar-refractivity contribution < 1.29 is 13.9 Å². The van der Waals surface area contributed by atoms with E-state index in [0.29, 0.717) is 12.2 Å². The summed E-state index contributed by atoms with van der Waals surface area (Å²) in [4.78, 5) is 28.8. The Labute approximate surface area is 206 Å². The van der Waals surface area contributed by atoms with E-state index in [1.165, 1.54) is 25.4 Å². The van der Waals surface area contributed by atoms with Gasteiger partial charge in [-0.05, 0) is 50.1 Å². The van der Waals surface area contributed by atoms with Gasteiger partial charge >= 0.3 is 0 Å². The number of halogens is 1. The highest BCUT2D eigenvalue weighted by molar-refractivity contribution is 7.18. The molecule has 1 aliphatic heterocycles. The molecule has 8 nitrogen and oxygen atoms in total. The number of amides is 1. The van der Waals surface area contributed by atoms with Gasteiger partial charge in [-0.2, -0.15) is 0 Å². The van der Waals surface area contributed by atoms with Crippen LogP contribution in [-0.4, -0.2) is 47.1 Å². The van der Waals surface area contributed by atoms with Gasteiger partial charge < -0.3 is 20.7 Å². The Morgan fingerprint density at radius 2 is 2.11 bits per heavy atom. The molecular formula is C25H25FN6O2S. The van der Waals surface area contributed by atoms with Gasteiger partial charge in [0.05, 0.1) is 33.8 Å². The molecule has 3 N–H and O–H groups in total. The lowest BCUT2D eigenvalue weighted by molar-refractivity contribution is 0.102. The summed E-state index contributed by atoms with van der Waals surface area (Å²) in [5.74, 6) is -0.607. The molecule has 2 aromatic carbocycles. The zero-order valence-electron chi connectivity index (χ0n) is 19.6. The van der Waals surface area contributed by atoms with Crippen LogP contribution in [0.4, 0.5) is 15.8 Å². The number of hydrogen-bond acceptors (Lipinski definition) is 8. The van der Waals surface area contributed by atoms with Crippen LogP contribution in [0.3, 0.4) is 0 Å². The van der Waals surface area contributed by atoms with Gasteiger partial charge in [-0.25, -0.2) is 19.3 Å². The highest BCUT2D eigenvalue weighted by atomic mass is 32.1. The van der Waals surface area contributed by atoms with Crippen molar-refractivity contribution in [2.24, 2.45) is 5.73 Å². The number of aromatic nitrogens is 3. The van der Waals surface area contributed by atoms with E-state index in [-0.39, 0.29) is 28.9 Å². The molecule has 5 rings (SSSR count). The first-order valence-electron chi connectivity index (χ1n) is 11.2. The van der Waals surface area contributed by atoms with Crippen LogP contribution < -0.4 is 20.7 Å². The number of fused-ring (bicyclic) bond motifs is 1. The first kappa shape index (κ1) is 23.1. The third-order valence-electron chi connectivity index (χ3n) is 6.03. The van der Waals surface area contributed by atoms with E-state index in [9.17, 15) is 9.18 Å². The minimum Gasteiger partial charge on any atom is -0.496 e. The number of hydrogen-bond donors (Lipinski definition) is 2. The molecule has 1 unspecified atom stereocenters. The van der Waals surface area contributed by atoms with Gasteiger partial charge in [-0.3, -0.25) is 4.79 Å². The van der Waals surface area contributed by atoms with Crippen molar-refractivity contribution in [1.82, 2.24) is 15.0 Å². The summed E-state index contributed by atoms with van der Waals surface area (Å²) < 4.78 is 20.9. The van der Waals surface area contributed by atoms with Crippen LogP contribution in [0.2, 0.25) is 0 Å². The maximum absolute atomic E-state index is 14.6. The van der Waals surface area contributed by atoms with Crippen molar-refractivity contribution in [2.45, 2.75) is 26.3 Å². The van der Waals surface area contributed by atoms with Crippen LogP contribution in [0.15, 0.2) is 36.5 Å². The van der Waals surface area contributed by atoms with Gasteiger partial charge in [-0.1, -0.05) is 6.07 Å². The van der Waals surface area contributed by atoms with Gasteiger partial charge in [0.1, 0.15) is 22.8 Å². The molecule has 1 fully saturated rings.